The normalized spacial score (nSPS) is 13.4. The maximum Gasteiger partial charge on any atom is 0.00933 e. The standard InChI is InChI=1S/C12H21NS/c1-4-13-12(10(2)3)8-7-11-6-5-9-14-11/h5-6,9-10,12-13H,4,7-8H2,1-3H3. The molecule has 0 aromatic carbocycles. The van der Waals surface area contributed by atoms with Crippen LogP contribution in [0.1, 0.15) is 32.1 Å². The predicted octanol–water partition coefficient (Wildman–Crippen LogP) is 3.31. The maximum absolute atomic E-state index is 3.55. The molecule has 0 radical (unpaired) electrons. The fourth-order valence-corrected chi connectivity index (χ4v) is 2.41. The number of nitrogens with one attached hydrogen (secondary N) is 1. The molecule has 0 amide bonds. The molecule has 1 unspecified atom stereocenters. The van der Waals surface area contributed by atoms with E-state index in [1.165, 1.54) is 17.7 Å². The Bertz CT molecular complexity index is 228. The molecule has 0 bridgehead atoms. The van der Waals surface area contributed by atoms with Crippen LogP contribution in [-0.2, 0) is 6.42 Å². The van der Waals surface area contributed by atoms with Gasteiger partial charge in [-0.3, -0.25) is 0 Å². The van der Waals surface area contributed by atoms with Crippen LogP contribution >= 0.6 is 11.3 Å². The highest BCUT2D eigenvalue weighted by Gasteiger charge is 2.11. The molecule has 0 aliphatic rings. The van der Waals surface area contributed by atoms with Crippen LogP contribution < -0.4 is 5.32 Å². The van der Waals surface area contributed by atoms with Gasteiger partial charge >= 0.3 is 0 Å². The fourth-order valence-electron chi connectivity index (χ4n) is 1.69. The molecule has 2 heteroatoms. The molecule has 14 heavy (non-hydrogen) atoms. The highest BCUT2D eigenvalue weighted by Crippen LogP contribution is 2.15. The van der Waals surface area contributed by atoms with Crippen LogP contribution in [0.25, 0.3) is 0 Å². The lowest BCUT2D eigenvalue weighted by atomic mass is 9.99. The van der Waals surface area contributed by atoms with E-state index < -0.39 is 0 Å². The van der Waals surface area contributed by atoms with Crippen molar-refractivity contribution in [3.63, 3.8) is 0 Å². The van der Waals surface area contributed by atoms with Crippen molar-refractivity contribution in [3.8, 4) is 0 Å². The quantitative estimate of drug-likeness (QED) is 0.761. The molecule has 1 aromatic heterocycles. The molecular weight excluding hydrogens is 190 g/mol. The topological polar surface area (TPSA) is 12.0 Å². The van der Waals surface area contributed by atoms with Gasteiger partial charge in [0.15, 0.2) is 0 Å². The zero-order valence-electron chi connectivity index (χ0n) is 9.42. The van der Waals surface area contributed by atoms with E-state index in [-0.39, 0.29) is 0 Å². The number of hydrogen-bond donors (Lipinski definition) is 1. The third kappa shape index (κ3) is 3.81. The predicted molar refractivity (Wildman–Crippen MR) is 64.9 cm³/mol. The summed E-state index contributed by atoms with van der Waals surface area (Å²) in [6, 6.07) is 5.04. The smallest absolute Gasteiger partial charge is 0.00933 e. The summed E-state index contributed by atoms with van der Waals surface area (Å²) in [6.45, 7) is 7.84. The molecular formula is C12H21NS. The molecule has 80 valence electrons. The first kappa shape index (κ1) is 11.7. The molecule has 0 fully saturated rings. The Morgan fingerprint density at radius 1 is 1.43 bits per heavy atom. The van der Waals surface area contributed by atoms with Gasteiger partial charge in [0.25, 0.3) is 0 Å². The highest BCUT2D eigenvalue weighted by atomic mass is 32.1. The van der Waals surface area contributed by atoms with Crippen molar-refractivity contribution in [1.29, 1.82) is 0 Å². The van der Waals surface area contributed by atoms with Crippen LogP contribution in [0, 0.1) is 5.92 Å². The van der Waals surface area contributed by atoms with Gasteiger partial charge < -0.3 is 5.32 Å². The van der Waals surface area contributed by atoms with Gasteiger partial charge in [-0.15, -0.1) is 11.3 Å². The van der Waals surface area contributed by atoms with Gasteiger partial charge in [-0.25, -0.2) is 0 Å². The van der Waals surface area contributed by atoms with Crippen molar-refractivity contribution in [2.45, 2.75) is 39.7 Å². The van der Waals surface area contributed by atoms with E-state index in [0.29, 0.717) is 6.04 Å². The molecule has 1 rings (SSSR count). The first-order valence-corrected chi connectivity index (χ1v) is 6.37. The number of thiophene rings is 1. The van der Waals surface area contributed by atoms with Gasteiger partial charge in [-0.1, -0.05) is 26.8 Å². The molecule has 1 nitrogen and oxygen atoms in total. The number of aryl methyl sites for hydroxylation is 1. The first-order chi connectivity index (χ1) is 6.74. The Kier molecular flexibility index (Phi) is 5.20. The Morgan fingerprint density at radius 2 is 2.21 bits per heavy atom. The van der Waals surface area contributed by atoms with Crippen molar-refractivity contribution in [3.05, 3.63) is 22.4 Å². The van der Waals surface area contributed by atoms with Crippen LogP contribution in [0.15, 0.2) is 17.5 Å². The summed E-state index contributed by atoms with van der Waals surface area (Å²) in [5.74, 6) is 0.731. The number of hydrogen-bond acceptors (Lipinski definition) is 2. The molecule has 1 atom stereocenters. The second-order valence-electron chi connectivity index (χ2n) is 4.03. The molecule has 0 saturated heterocycles. The molecule has 0 saturated carbocycles. The second kappa shape index (κ2) is 6.20. The second-order valence-corrected chi connectivity index (χ2v) is 5.06. The van der Waals surface area contributed by atoms with E-state index in [0.717, 1.165) is 12.5 Å². The van der Waals surface area contributed by atoms with Crippen molar-refractivity contribution >= 4 is 11.3 Å². The molecule has 1 heterocycles. The summed E-state index contributed by atoms with van der Waals surface area (Å²) in [4.78, 5) is 1.51. The molecule has 0 aliphatic carbocycles. The largest absolute Gasteiger partial charge is 0.314 e. The molecule has 0 aliphatic heterocycles. The zero-order valence-corrected chi connectivity index (χ0v) is 10.2. The van der Waals surface area contributed by atoms with E-state index >= 15 is 0 Å². The lowest BCUT2D eigenvalue weighted by Crippen LogP contribution is -2.33. The summed E-state index contributed by atoms with van der Waals surface area (Å²) < 4.78 is 0. The first-order valence-electron chi connectivity index (χ1n) is 5.49. The fraction of sp³-hybridized carbons (Fsp3) is 0.667. The van der Waals surface area contributed by atoms with Crippen LogP contribution in [0.4, 0.5) is 0 Å². The average molecular weight is 211 g/mol. The molecule has 1 N–H and O–H groups in total. The monoisotopic (exact) mass is 211 g/mol. The van der Waals surface area contributed by atoms with E-state index in [4.69, 9.17) is 0 Å². The third-order valence-corrected chi connectivity index (χ3v) is 3.49. The van der Waals surface area contributed by atoms with E-state index in [1.54, 1.807) is 0 Å². The average Bonchev–Trinajstić information content (AvgIpc) is 2.64. The molecule has 1 aromatic rings. The lowest BCUT2D eigenvalue weighted by Gasteiger charge is -2.21. The number of rotatable bonds is 6. The van der Waals surface area contributed by atoms with Crippen LogP contribution in [0.2, 0.25) is 0 Å². The van der Waals surface area contributed by atoms with Crippen LogP contribution in [0.5, 0.6) is 0 Å². The van der Waals surface area contributed by atoms with Crippen molar-refractivity contribution in [1.82, 2.24) is 5.32 Å². The minimum atomic E-state index is 0.669. The van der Waals surface area contributed by atoms with E-state index in [1.807, 2.05) is 11.3 Å². The van der Waals surface area contributed by atoms with Gasteiger partial charge in [0.2, 0.25) is 0 Å². The summed E-state index contributed by atoms with van der Waals surface area (Å²) in [6.07, 6.45) is 2.47. The lowest BCUT2D eigenvalue weighted by molar-refractivity contribution is 0.386. The van der Waals surface area contributed by atoms with Crippen molar-refractivity contribution in [2.75, 3.05) is 6.54 Å². The third-order valence-electron chi connectivity index (χ3n) is 2.55. The Hall–Kier alpha value is -0.340. The summed E-state index contributed by atoms with van der Waals surface area (Å²) in [5.41, 5.74) is 0. The summed E-state index contributed by atoms with van der Waals surface area (Å²) >= 11 is 1.87. The maximum atomic E-state index is 3.55. The minimum Gasteiger partial charge on any atom is -0.314 e. The Labute approximate surface area is 91.5 Å². The summed E-state index contributed by atoms with van der Waals surface area (Å²) in [7, 11) is 0. The van der Waals surface area contributed by atoms with Crippen molar-refractivity contribution < 1.29 is 0 Å². The van der Waals surface area contributed by atoms with Gasteiger partial charge in [0.1, 0.15) is 0 Å². The SMILES string of the molecule is CCNC(CCc1cccs1)C(C)C. The van der Waals surface area contributed by atoms with E-state index in [9.17, 15) is 0 Å². The van der Waals surface area contributed by atoms with Gasteiger partial charge in [-0.2, -0.15) is 0 Å². The zero-order chi connectivity index (χ0) is 10.4. The van der Waals surface area contributed by atoms with Crippen LogP contribution in [0.3, 0.4) is 0 Å². The van der Waals surface area contributed by atoms with Crippen LogP contribution in [-0.4, -0.2) is 12.6 Å². The van der Waals surface area contributed by atoms with Gasteiger partial charge in [-0.05, 0) is 36.8 Å². The summed E-state index contributed by atoms with van der Waals surface area (Å²) in [5, 5.41) is 5.71. The van der Waals surface area contributed by atoms with E-state index in [2.05, 4.69) is 43.6 Å². The highest BCUT2D eigenvalue weighted by molar-refractivity contribution is 7.09. The van der Waals surface area contributed by atoms with Gasteiger partial charge in [0.05, 0.1) is 0 Å². The molecule has 0 spiro atoms. The Balaban J connectivity index is 2.33. The van der Waals surface area contributed by atoms with Crippen molar-refractivity contribution in [2.24, 2.45) is 5.92 Å². The Morgan fingerprint density at radius 3 is 2.71 bits per heavy atom. The van der Waals surface area contributed by atoms with Gasteiger partial charge in [0, 0.05) is 10.9 Å². The minimum absolute atomic E-state index is 0.669.